The van der Waals surface area contributed by atoms with E-state index in [1.54, 1.807) is 0 Å². The maximum atomic E-state index is 12.4. The Bertz CT molecular complexity index is 227. The molecule has 2 atom stereocenters. The molecule has 0 heterocycles. The van der Waals surface area contributed by atoms with Crippen LogP contribution in [0.5, 0.6) is 0 Å². The quantitative estimate of drug-likeness (QED) is 0.587. The van der Waals surface area contributed by atoms with Gasteiger partial charge in [0.2, 0.25) is 11.8 Å². The van der Waals surface area contributed by atoms with Gasteiger partial charge in [-0.25, -0.2) is 8.78 Å². The summed E-state index contributed by atoms with van der Waals surface area (Å²) in [6.07, 6.45) is -1.66. The minimum absolute atomic E-state index is 0.208. The fourth-order valence-electron chi connectivity index (χ4n) is 1.68. The summed E-state index contributed by atoms with van der Waals surface area (Å²) in [5, 5.41) is 9.11. The van der Waals surface area contributed by atoms with Gasteiger partial charge < -0.3 is 16.6 Å². The molecule has 0 aromatic carbocycles. The van der Waals surface area contributed by atoms with Crippen LogP contribution in [0, 0.1) is 5.92 Å². The molecule has 1 aliphatic rings. The summed E-state index contributed by atoms with van der Waals surface area (Å²) in [5.41, 5.74) is 10.2. The monoisotopic (exact) mass is 208 g/mol. The van der Waals surface area contributed by atoms with E-state index in [4.69, 9.17) is 16.6 Å². The SMILES string of the molecule is NC(=O)C(O)C(N)CC1CC(F)(F)C1. The van der Waals surface area contributed by atoms with Crippen molar-refractivity contribution in [3.8, 4) is 0 Å². The molecule has 0 aliphatic heterocycles. The summed E-state index contributed by atoms with van der Waals surface area (Å²) < 4.78 is 24.8. The first-order chi connectivity index (χ1) is 6.32. The van der Waals surface area contributed by atoms with Gasteiger partial charge in [0.05, 0.1) is 0 Å². The third-order valence-electron chi connectivity index (χ3n) is 2.48. The Morgan fingerprint density at radius 1 is 1.57 bits per heavy atom. The number of carbonyl (C=O) groups is 1. The largest absolute Gasteiger partial charge is 0.382 e. The molecule has 0 spiro atoms. The van der Waals surface area contributed by atoms with Crippen LogP contribution in [-0.2, 0) is 4.79 Å². The van der Waals surface area contributed by atoms with Gasteiger partial charge in [-0.05, 0) is 12.3 Å². The number of aliphatic hydroxyl groups is 1. The first-order valence-corrected chi connectivity index (χ1v) is 4.42. The van der Waals surface area contributed by atoms with Crippen LogP contribution in [0.25, 0.3) is 0 Å². The molecule has 1 saturated carbocycles. The molecule has 1 rings (SSSR count). The van der Waals surface area contributed by atoms with Gasteiger partial charge in [-0.3, -0.25) is 4.79 Å². The van der Waals surface area contributed by atoms with Crippen molar-refractivity contribution in [2.75, 3.05) is 0 Å². The van der Waals surface area contributed by atoms with E-state index in [1.165, 1.54) is 0 Å². The summed E-state index contributed by atoms with van der Waals surface area (Å²) in [5.74, 6) is -3.72. The summed E-state index contributed by atoms with van der Waals surface area (Å²) in [4.78, 5) is 10.5. The molecule has 0 bridgehead atoms. The lowest BCUT2D eigenvalue weighted by molar-refractivity contribution is -0.129. The Hall–Kier alpha value is -0.750. The van der Waals surface area contributed by atoms with Gasteiger partial charge in [0.25, 0.3) is 0 Å². The molecule has 14 heavy (non-hydrogen) atoms. The maximum absolute atomic E-state index is 12.4. The summed E-state index contributed by atoms with van der Waals surface area (Å²) in [6, 6.07) is -0.839. The fraction of sp³-hybridized carbons (Fsp3) is 0.875. The van der Waals surface area contributed by atoms with E-state index in [1.807, 2.05) is 0 Å². The molecule has 1 fully saturated rings. The Balaban J connectivity index is 2.29. The third kappa shape index (κ3) is 2.62. The number of carbonyl (C=O) groups excluding carboxylic acids is 1. The highest BCUT2D eigenvalue weighted by atomic mass is 19.3. The molecule has 0 radical (unpaired) electrons. The van der Waals surface area contributed by atoms with Crippen molar-refractivity contribution >= 4 is 5.91 Å². The summed E-state index contributed by atoms with van der Waals surface area (Å²) in [7, 11) is 0. The molecule has 0 aromatic heterocycles. The van der Waals surface area contributed by atoms with Crippen LogP contribution in [0.3, 0.4) is 0 Å². The fourth-order valence-corrected chi connectivity index (χ4v) is 1.68. The Labute approximate surface area is 80.3 Å². The lowest BCUT2D eigenvalue weighted by Gasteiger charge is -2.36. The number of rotatable bonds is 4. The average Bonchev–Trinajstić information content (AvgIpc) is 1.99. The summed E-state index contributed by atoms with van der Waals surface area (Å²) in [6.45, 7) is 0. The van der Waals surface area contributed by atoms with Crippen LogP contribution in [0.1, 0.15) is 19.3 Å². The molecular weight excluding hydrogens is 194 g/mol. The molecule has 2 unspecified atom stereocenters. The van der Waals surface area contributed by atoms with Crippen molar-refractivity contribution in [1.29, 1.82) is 0 Å². The van der Waals surface area contributed by atoms with Crippen molar-refractivity contribution in [1.82, 2.24) is 0 Å². The van der Waals surface area contributed by atoms with Crippen molar-refractivity contribution in [3.05, 3.63) is 0 Å². The second-order valence-corrected chi connectivity index (χ2v) is 3.88. The van der Waals surface area contributed by atoms with Gasteiger partial charge in [-0.2, -0.15) is 0 Å². The molecule has 0 aromatic rings. The first-order valence-electron chi connectivity index (χ1n) is 4.42. The van der Waals surface area contributed by atoms with Gasteiger partial charge in [0, 0.05) is 18.9 Å². The predicted molar refractivity (Wildman–Crippen MR) is 45.5 cm³/mol. The number of primary amides is 1. The smallest absolute Gasteiger partial charge is 0.248 e. The molecular formula is C8H14F2N2O2. The van der Waals surface area contributed by atoms with Crippen molar-refractivity contribution in [2.24, 2.45) is 17.4 Å². The lowest BCUT2D eigenvalue weighted by atomic mass is 9.77. The highest BCUT2D eigenvalue weighted by Crippen LogP contribution is 2.44. The Morgan fingerprint density at radius 3 is 2.43 bits per heavy atom. The number of aliphatic hydroxyl groups excluding tert-OH is 1. The van der Waals surface area contributed by atoms with Gasteiger partial charge in [-0.15, -0.1) is 0 Å². The van der Waals surface area contributed by atoms with Gasteiger partial charge in [0.15, 0.2) is 0 Å². The average molecular weight is 208 g/mol. The lowest BCUT2D eigenvalue weighted by Crippen LogP contribution is -2.47. The van der Waals surface area contributed by atoms with Crippen LogP contribution in [0.2, 0.25) is 0 Å². The third-order valence-corrected chi connectivity index (χ3v) is 2.48. The van der Waals surface area contributed by atoms with E-state index in [0.717, 1.165) is 0 Å². The Morgan fingerprint density at radius 2 is 2.07 bits per heavy atom. The van der Waals surface area contributed by atoms with Crippen molar-refractivity contribution < 1.29 is 18.7 Å². The highest BCUT2D eigenvalue weighted by molar-refractivity contribution is 5.79. The minimum atomic E-state index is -2.60. The number of halogens is 2. The predicted octanol–water partition coefficient (Wildman–Crippen LogP) is -0.405. The van der Waals surface area contributed by atoms with E-state index in [-0.39, 0.29) is 25.2 Å². The molecule has 4 nitrogen and oxygen atoms in total. The van der Waals surface area contributed by atoms with Gasteiger partial charge in [0.1, 0.15) is 6.10 Å². The zero-order chi connectivity index (χ0) is 10.9. The molecule has 82 valence electrons. The molecule has 0 saturated heterocycles. The van der Waals surface area contributed by atoms with Crippen molar-refractivity contribution in [3.63, 3.8) is 0 Å². The molecule has 5 N–H and O–H groups in total. The van der Waals surface area contributed by atoms with Crippen LogP contribution in [-0.4, -0.2) is 29.1 Å². The number of amides is 1. The van der Waals surface area contributed by atoms with Gasteiger partial charge >= 0.3 is 0 Å². The van der Waals surface area contributed by atoms with E-state index < -0.39 is 24.0 Å². The minimum Gasteiger partial charge on any atom is -0.382 e. The van der Waals surface area contributed by atoms with Crippen LogP contribution >= 0.6 is 0 Å². The second-order valence-electron chi connectivity index (χ2n) is 3.88. The number of nitrogens with two attached hydrogens (primary N) is 2. The van der Waals surface area contributed by atoms with Crippen molar-refractivity contribution in [2.45, 2.75) is 37.3 Å². The normalized spacial score (nSPS) is 25.1. The zero-order valence-corrected chi connectivity index (χ0v) is 7.62. The Kier molecular flexibility index (Phi) is 3.06. The zero-order valence-electron chi connectivity index (χ0n) is 7.62. The second kappa shape index (κ2) is 3.78. The summed E-state index contributed by atoms with van der Waals surface area (Å²) >= 11 is 0. The maximum Gasteiger partial charge on any atom is 0.248 e. The molecule has 6 heteroatoms. The number of hydrogen-bond donors (Lipinski definition) is 3. The van der Waals surface area contributed by atoms with Crippen LogP contribution in [0.15, 0.2) is 0 Å². The number of hydrogen-bond acceptors (Lipinski definition) is 3. The molecule has 1 amide bonds. The molecule has 1 aliphatic carbocycles. The van der Waals surface area contributed by atoms with E-state index in [0.29, 0.717) is 0 Å². The van der Waals surface area contributed by atoms with Crippen LogP contribution in [0.4, 0.5) is 8.78 Å². The standard InChI is InChI=1S/C8H14F2N2O2/c9-8(10)2-4(3-8)1-5(11)6(13)7(12)14/h4-6,13H,1-3,11H2,(H2,12,14). The highest BCUT2D eigenvalue weighted by Gasteiger charge is 2.46. The topological polar surface area (TPSA) is 89.3 Å². The van der Waals surface area contributed by atoms with E-state index >= 15 is 0 Å². The van der Waals surface area contributed by atoms with E-state index in [9.17, 15) is 13.6 Å². The number of alkyl halides is 2. The van der Waals surface area contributed by atoms with Crippen LogP contribution < -0.4 is 11.5 Å². The van der Waals surface area contributed by atoms with E-state index in [2.05, 4.69) is 0 Å². The first kappa shape index (κ1) is 11.3. The van der Waals surface area contributed by atoms with Gasteiger partial charge in [-0.1, -0.05) is 0 Å².